The molecule has 1 aliphatic rings. The summed E-state index contributed by atoms with van der Waals surface area (Å²) in [4.78, 5) is 26.8. The van der Waals surface area contributed by atoms with E-state index in [1.165, 1.54) is 0 Å². The van der Waals surface area contributed by atoms with E-state index in [1.54, 1.807) is 0 Å². The van der Waals surface area contributed by atoms with Gasteiger partial charge in [0.2, 0.25) is 0 Å². The molecule has 0 N–H and O–H groups in total. The minimum atomic E-state index is -0.155. The van der Waals surface area contributed by atoms with Crippen molar-refractivity contribution in [2.24, 2.45) is 23.7 Å². The van der Waals surface area contributed by atoms with E-state index in [2.05, 4.69) is 52.0 Å². The summed E-state index contributed by atoms with van der Waals surface area (Å²) in [5, 5.41) is 0. The first-order chi connectivity index (χ1) is 13.4. The van der Waals surface area contributed by atoms with Crippen LogP contribution < -0.4 is 0 Å². The molecule has 28 heavy (non-hydrogen) atoms. The fourth-order valence-electron chi connectivity index (χ4n) is 5.02. The summed E-state index contributed by atoms with van der Waals surface area (Å²) in [6, 6.07) is 20.4. The van der Waals surface area contributed by atoms with E-state index in [9.17, 15) is 9.59 Å². The maximum Gasteiger partial charge on any atom is 0.137 e. The molecule has 4 atom stereocenters. The zero-order valence-electron chi connectivity index (χ0n) is 17.5. The molecule has 0 bridgehead atoms. The van der Waals surface area contributed by atoms with Gasteiger partial charge in [-0.15, -0.1) is 0 Å². The van der Waals surface area contributed by atoms with Crippen LogP contribution in [0.5, 0.6) is 0 Å². The van der Waals surface area contributed by atoms with E-state index in [1.807, 2.05) is 36.4 Å². The highest BCUT2D eigenvalue weighted by Crippen LogP contribution is 2.50. The molecule has 0 heterocycles. The number of carbonyl (C=O) groups is 2. The Labute approximate surface area is 169 Å². The molecule has 0 aromatic heterocycles. The van der Waals surface area contributed by atoms with Crippen molar-refractivity contribution in [1.29, 1.82) is 0 Å². The highest BCUT2D eigenvalue weighted by Gasteiger charge is 2.48. The average molecular weight is 377 g/mol. The Morgan fingerprint density at radius 2 is 1.43 bits per heavy atom. The molecule has 0 amide bonds. The van der Waals surface area contributed by atoms with Crippen LogP contribution in [0.1, 0.15) is 63.5 Å². The second kappa shape index (κ2) is 8.86. The fourth-order valence-corrected chi connectivity index (χ4v) is 5.02. The third-order valence-corrected chi connectivity index (χ3v) is 6.11. The van der Waals surface area contributed by atoms with Gasteiger partial charge in [-0.1, -0.05) is 88.4 Å². The molecule has 0 aliphatic heterocycles. The number of benzene rings is 2. The number of carbonyl (C=O) groups excluding carboxylic acids is 2. The molecule has 2 aromatic rings. The van der Waals surface area contributed by atoms with E-state index in [-0.39, 0.29) is 29.6 Å². The standard InChI is InChI=1S/C26H32O2/c1-17(2)15-22(27)26-21(19-11-7-5-8-12-19)16-23(28)24(18(3)4)25(26)20-13-9-6-10-14-20/h5-14,17-18,21,24-26H,15-16H2,1-4H3/t21-,24-,25-,26+/m0/s1. The van der Waals surface area contributed by atoms with Crippen LogP contribution >= 0.6 is 0 Å². The SMILES string of the molecule is CC(C)CC(=O)[C@@H]1[C@@H](c2ccccc2)[C@@H](C(C)C)C(=O)C[C@H]1c1ccccc1. The lowest BCUT2D eigenvalue weighted by molar-refractivity contribution is -0.134. The van der Waals surface area contributed by atoms with Gasteiger partial charge in [0.05, 0.1) is 0 Å². The number of Topliss-reactive ketones (excluding diaryl/α,β-unsaturated/α-hetero) is 2. The van der Waals surface area contributed by atoms with Gasteiger partial charge in [0.25, 0.3) is 0 Å². The minimum absolute atomic E-state index is 0.0415. The van der Waals surface area contributed by atoms with Gasteiger partial charge in [-0.2, -0.15) is 0 Å². The van der Waals surface area contributed by atoms with Crippen LogP contribution in [0, 0.1) is 23.7 Å². The summed E-state index contributed by atoms with van der Waals surface area (Å²) in [7, 11) is 0. The van der Waals surface area contributed by atoms with Gasteiger partial charge in [-0.25, -0.2) is 0 Å². The molecule has 0 unspecified atom stereocenters. The number of rotatable bonds is 6. The van der Waals surface area contributed by atoms with Crippen molar-refractivity contribution < 1.29 is 9.59 Å². The smallest absolute Gasteiger partial charge is 0.137 e. The monoisotopic (exact) mass is 376 g/mol. The van der Waals surface area contributed by atoms with Gasteiger partial charge < -0.3 is 0 Å². The average Bonchev–Trinajstić information content (AvgIpc) is 2.67. The molecule has 148 valence electrons. The molecular formula is C26H32O2. The second-order valence-electron chi connectivity index (χ2n) is 8.98. The number of hydrogen-bond donors (Lipinski definition) is 0. The Hall–Kier alpha value is -2.22. The molecule has 0 saturated heterocycles. The highest BCUT2D eigenvalue weighted by molar-refractivity contribution is 5.91. The topological polar surface area (TPSA) is 34.1 Å². The maximum atomic E-state index is 13.5. The minimum Gasteiger partial charge on any atom is -0.299 e. The fraction of sp³-hybridized carbons (Fsp3) is 0.462. The summed E-state index contributed by atoms with van der Waals surface area (Å²) < 4.78 is 0. The number of ketones is 2. The van der Waals surface area contributed by atoms with Crippen LogP contribution in [-0.2, 0) is 9.59 Å². The van der Waals surface area contributed by atoms with Crippen LogP contribution in [0.25, 0.3) is 0 Å². The molecule has 0 radical (unpaired) electrons. The molecule has 1 aliphatic carbocycles. The van der Waals surface area contributed by atoms with Crippen LogP contribution in [0.15, 0.2) is 60.7 Å². The predicted octanol–water partition coefficient (Wildman–Crippen LogP) is 6.03. The summed E-state index contributed by atoms with van der Waals surface area (Å²) in [6.45, 7) is 8.43. The van der Waals surface area contributed by atoms with Crippen molar-refractivity contribution in [3.05, 3.63) is 71.8 Å². The van der Waals surface area contributed by atoms with E-state index in [0.29, 0.717) is 30.3 Å². The first-order valence-electron chi connectivity index (χ1n) is 10.6. The maximum absolute atomic E-state index is 13.5. The van der Waals surface area contributed by atoms with Crippen molar-refractivity contribution in [1.82, 2.24) is 0 Å². The van der Waals surface area contributed by atoms with Crippen molar-refractivity contribution >= 4 is 11.6 Å². The molecule has 2 heteroatoms. The van der Waals surface area contributed by atoms with Crippen LogP contribution in [0.4, 0.5) is 0 Å². The van der Waals surface area contributed by atoms with Gasteiger partial charge in [-0.05, 0) is 23.0 Å². The molecule has 1 fully saturated rings. The third-order valence-electron chi connectivity index (χ3n) is 6.11. The van der Waals surface area contributed by atoms with Crippen molar-refractivity contribution in [3.8, 4) is 0 Å². The second-order valence-corrected chi connectivity index (χ2v) is 8.98. The highest BCUT2D eigenvalue weighted by atomic mass is 16.1. The van der Waals surface area contributed by atoms with E-state index in [4.69, 9.17) is 0 Å². The summed E-state index contributed by atoms with van der Waals surface area (Å²) in [5.41, 5.74) is 2.23. The summed E-state index contributed by atoms with van der Waals surface area (Å²) >= 11 is 0. The van der Waals surface area contributed by atoms with E-state index < -0.39 is 0 Å². The first-order valence-corrected chi connectivity index (χ1v) is 10.6. The summed E-state index contributed by atoms with van der Waals surface area (Å²) in [6.07, 6.45) is 1.03. The van der Waals surface area contributed by atoms with Gasteiger partial charge >= 0.3 is 0 Å². The Balaban J connectivity index is 2.14. The zero-order valence-corrected chi connectivity index (χ0v) is 17.5. The van der Waals surface area contributed by atoms with E-state index >= 15 is 0 Å². The predicted molar refractivity (Wildman–Crippen MR) is 114 cm³/mol. The molecule has 1 saturated carbocycles. The third kappa shape index (κ3) is 4.27. The number of hydrogen-bond acceptors (Lipinski definition) is 2. The largest absolute Gasteiger partial charge is 0.299 e. The zero-order chi connectivity index (χ0) is 20.3. The lowest BCUT2D eigenvalue weighted by atomic mass is 9.58. The van der Waals surface area contributed by atoms with Gasteiger partial charge in [-0.3, -0.25) is 9.59 Å². The van der Waals surface area contributed by atoms with Crippen LogP contribution in [0.2, 0.25) is 0 Å². The normalized spacial score (nSPS) is 25.3. The molecular weight excluding hydrogens is 344 g/mol. The van der Waals surface area contributed by atoms with Gasteiger partial charge in [0.15, 0.2) is 0 Å². The Morgan fingerprint density at radius 3 is 1.93 bits per heavy atom. The van der Waals surface area contributed by atoms with Crippen molar-refractivity contribution in [2.45, 2.75) is 52.4 Å². The Kier molecular flexibility index (Phi) is 6.49. The van der Waals surface area contributed by atoms with Crippen LogP contribution in [0.3, 0.4) is 0 Å². The van der Waals surface area contributed by atoms with Crippen molar-refractivity contribution in [3.63, 3.8) is 0 Å². The quantitative estimate of drug-likeness (QED) is 0.617. The van der Waals surface area contributed by atoms with E-state index in [0.717, 1.165) is 11.1 Å². The molecule has 2 aromatic carbocycles. The van der Waals surface area contributed by atoms with Crippen molar-refractivity contribution in [2.75, 3.05) is 0 Å². The Bertz CT molecular complexity index is 792. The van der Waals surface area contributed by atoms with Gasteiger partial charge in [0.1, 0.15) is 11.6 Å². The van der Waals surface area contributed by atoms with Crippen LogP contribution in [-0.4, -0.2) is 11.6 Å². The molecule has 3 rings (SSSR count). The van der Waals surface area contributed by atoms with Gasteiger partial charge in [0, 0.05) is 36.5 Å². The first kappa shape index (κ1) is 20.5. The lowest BCUT2D eigenvalue weighted by Crippen LogP contribution is -2.44. The lowest BCUT2D eigenvalue weighted by Gasteiger charge is -2.44. The summed E-state index contributed by atoms with van der Waals surface area (Å²) in [5.74, 6) is 0.765. The molecule has 0 spiro atoms. The molecule has 2 nitrogen and oxygen atoms in total. The Morgan fingerprint density at radius 1 is 0.893 bits per heavy atom.